The van der Waals surface area contributed by atoms with Crippen molar-refractivity contribution in [1.82, 2.24) is 9.62 Å². The first-order valence-corrected chi connectivity index (χ1v) is 11.4. The molecular formula is C21H24N2O6S. The second-order valence-corrected chi connectivity index (χ2v) is 9.32. The highest BCUT2D eigenvalue weighted by molar-refractivity contribution is 7.90. The maximum Gasteiger partial charge on any atom is 0.410 e. The number of hydrogen-bond donors (Lipinski definition) is 1. The highest BCUT2D eigenvalue weighted by atomic mass is 32.2. The fourth-order valence-electron chi connectivity index (χ4n) is 3.51. The van der Waals surface area contributed by atoms with Gasteiger partial charge in [-0.3, -0.25) is 0 Å². The lowest BCUT2D eigenvalue weighted by atomic mass is 10.1. The Morgan fingerprint density at radius 1 is 1.10 bits per heavy atom. The number of hydrogen-bond acceptors (Lipinski definition) is 6. The molecule has 1 saturated heterocycles. The molecule has 0 aliphatic carbocycles. The second kappa shape index (κ2) is 8.93. The molecule has 160 valence electrons. The average Bonchev–Trinajstić information content (AvgIpc) is 3.42. The lowest BCUT2D eigenvalue weighted by molar-refractivity contribution is 0.104. The molecule has 30 heavy (non-hydrogen) atoms. The van der Waals surface area contributed by atoms with Crippen molar-refractivity contribution in [3.63, 3.8) is 0 Å². The number of likely N-dealkylation sites (tertiary alicyclic amines) is 1. The van der Waals surface area contributed by atoms with Crippen molar-refractivity contribution >= 4 is 16.1 Å². The van der Waals surface area contributed by atoms with Crippen LogP contribution in [0.2, 0.25) is 0 Å². The van der Waals surface area contributed by atoms with Crippen LogP contribution in [0.4, 0.5) is 4.79 Å². The fraction of sp³-hybridized carbons (Fsp3) is 0.381. The Balaban J connectivity index is 1.24. The highest BCUT2D eigenvalue weighted by Crippen LogP contribution is 2.32. The van der Waals surface area contributed by atoms with E-state index < -0.39 is 21.4 Å². The van der Waals surface area contributed by atoms with Gasteiger partial charge in [-0.2, -0.15) is 0 Å². The van der Waals surface area contributed by atoms with Gasteiger partial charge in [0.1, 0.15) is 6.61 Å². The maximum absolute atomic E-state index is 12.6. The Morgan fingerprint density at radius 2 is 1.90 bits per heavy atom. The summed E-state index contributed by atoms with van der Waals surface area (Å²) >= 11 is 0. The minimum absolute atomic E-state index is 0.132. The highest BCUT2D eigenvalue weighted by Gasteiger charge is 2.35. The van der Waals surface area contributed by atoms with E-state index in [9.17, 15) is 13.2 Å². The normalized spacial score (nSPS) is 17.9. The Labute approximate surface area is 175 Å². The number of carbonyl (C=O) groups excluding carboxylic acids is 1. The summed E-state index contributed by atoms with van der Waals surface area (Å²) in [6.07, 6.45) is 0.433. The third-order valence-electron chi connectivity index (χ3n) is 5.20. The van der Waals surface area contributed by atoms with Gasteiger partial charge >= 0.3 is 6.09 Å². The number of rotatable bonds is 7. The summed E-state index contributed by atoms with van der Waals surface area (Å²) in [6.45, 7) is 1.14. The molecular weight excluding hydrogens is 408 g/mol. The quantitative estimate of drug-likeness (QED) is 0.722. The van der Waals surface area contributed by atoms with E-state index >= 15 is 0 Å². The molecule has 0 radical (unpaired) electrons. The number of nitrogens with zero attached hydrogens (tertiary/aromatic N) is 1. The van der Waals surface area contributed by atoms with E-state index in [1.165, 1.54) is 4.90 Å². The van der Waals surface area contributed by atoms with E-state index in [4.69, 9.17) is 14.2 Å². The van der Waals surface area contributed by atoms with Crippen LogP contribution in [0, 0.1) is 0 Å². The van der Waals surface area contributed by atoms with Crippen molar-refractivity contribution in [2.24, 2.45) is 0 Å². The first kappa shape index (κ1) is 20.5. The molecule has 0 aromatic heterocycles. The predicted octanol–water partition coefficient (Wildman–Crippen LogP) is 2.29. The van der Waals surface area contributed by atoms with Gasteiger partial charge in [-0.25, -0.2) is 17.9 Å². The molecule has 8 nitrogen and oxygen atoms in total. The van der Waals surface area contributed by atoms with Crippen LogP contribution < -0.4 is 14.2 Å². The van der Waals surface area contributed by atoms with Gasteiger partial charge in [-0.15, -0.1) is 0 Å². The molecule has 1 fully saturated rings. The molecule has 2 aliphatic heterocycles. The lowest BCUT2D eigenvalue weighted by Gasteiger charge is -2.17. The topological polar surface area (TPSA) is 94.2 Å². The molecule has 1 amide bonds. The smallest absolute Gasteiger partial charge is 0.410 e. The van der Waals surface area contributed by atoms with Gasteiger partial charge in [0.25, 0.3) is 0 Å². The molecule has 2 aliphatic rings. The van der Waals surface area contributed by atoms with Crippen molar-refractivity contribution in [2.45, 2.75) is 24.7 Å². The Bertz CT molecular complexity index is 996. The number of fused-ring (bicyclic) bond motifs is 1. The van der Waals surface area contributed by atoms with Gasteiger partial charge in [0.05, 0.1) is 5.25 Å². The van der Waals surface area contributed by atoms with Gasteiger partial charge in [-0.05, 0) is 36.1 Å². The van der Waals surface area contributed by atoms with Crippen LogP contribution in [0.15, 0.2) is 48.5 Å². The van der Waals surface area contributed by atoms with Gasteiger partial charge < -0.3 is 19.1 Å². The third-order valence-corrected chi connectivity index (χ3v) is 7.07. The zero-order valence-corrected chi connectivity index (χ0v) is 17.3. The zero-order chi connectivity index (χ0) is 21.0. The Kier molecular flexibility index (Phi) is 6.10. The molecule has 1 atom stereocenters. The van der Waals surface area contributed by atoms with Gasteiger partial charge in [0.2, 0.25) is 16.8 Å². The summed E-state index contributed by atoms with van der Waals surface area (Å²) in [7, 11) is -3.53. The van der Waals surface area contributed by atoms with E-state index in [0.29, 0.717) is 30.9 Å². The fourth-order valence-corrected chi connectivity index (χ4v) is 4.92. The van der Waals surface area contributed by atoms with E-state index in [-0.39, 0.29) is 26.5 Å². The number of sulfonamides is 1. The van der Waals surface area contributed by atoms with Crippen LogP contribution in [0.5, 0.6) is 11.5 Å². The number of carbonyl (C=O) groups is 1. The van der Waals surface area contributed by atoms with Crippen LogP contribution >= 0.6 is 0 Å². The summed E-state index contributed by atoms with van der Waals surface area (Å²) in [6, 6.07) is 14.9. The van der Waals surface area contributed by atoms with Crippen molar-refractivity contribution in [2.75, 3.05) is 26.4 Å². The molecule has 1 N–H and O–H groups in total. The second-order valence-electron chi connectivity index (χ2n) is 7.27. The number of ether oxygens (including phenoxy) is 3. The Morgan fingerprint density at radius 3 is 2.73 bits per heavy atom. The Hall–Kier alpha value is -2.78. The van der Waals surface area contributed by atoms with Gasteiger partial charge in [0, 0.05) is 19.6 Å². The van der Waals surface area contributed by atoms with Crippen LogP contribution in [0.25, 0.3) is 0 Å². The summed E-state index contributed by atoms with van der Waals surface area (Å²) in [5, 5.41) is -0.640. The predicted molar refractivity (Wildman–Crippen MR) is 110 cm³/mol. The van der Waals surface area contributed by atoms with E-state index in [2.05, 4.69) is 4.72 Å². The monoisotopic (exact) mass is 432 g/mol. The van der Waals surface area contributed by atoms with E-state index in [1.807, 2.05) is 48.5 Å². The summed E-state index contributed by atoms with van der Waals surface area (Å²) < 4.78 is 43.8. The minimum Gasteiger partial charge on any atom is -0.454 e. The molecule has 2 heterocycles. The third kappa shape index (κ3) is 4.85. The lowest BCUT2D eigenvalue weighted by Crippen LogP contribution is -2.38. The van der Waals surface area contributed by atoms with Gasteiger partial charge in [-0.1, -0.05) is 36.4 Å². The molecule has 4 rings (SSSR count). The number of nitrogens with one attached hydrogen (secondary N) is 1. The summed E-state index contributed by atoms with van der Waals surface area (Å²) in [5.74, 6) is 1.38. The largest absolute Gasteiger partial charge is 0.454 e. The molecule has 9 heteroatoms. The van der Waals surface area contributed by atoms with Crippen LogP contribution in [-0.4, -0.2) is 51.1 Å². The van der Waals surface area contributed by atoms with Crippen LogP contribution in [0.1, 0.15) is 17.5 Å². The first-order chi connectivity index (χ1) is 14.5. The number of benzene rings is 2. The van der Waals surface area contributed by atoms with Crippen LogP contribution in [-0.2, 0) is 27.8 Å². The molecule has 0 unspecified atom stereocenters. The van der Waals surface area contributed by atoms with Crippen molar-refractivity contribution < 1.29 is 27.4 Å². The van der Waals surface area contributed by atoms with Crippen LogP contribution in [0.3, 0.4) is 0 Å². The minimum atomic E-state index is -3.53. The molecule has 0 spiro atoms. The summed E-state index contributed by atoms with van der Waals surface area (Å²) in [5.41, 5.74) is 1.85. The van der Waals surface area contributed by atoms with Crippen molar-refractivity contribution in [1.29, 1.82) is 0 Å². The SMILES string of the molecule is O=C(OCc1ccccc1)N1CC[C@H](S(=O)(=O)NCCc2ccc3c(c2)OCO3)C1. The molecule has 0 bridgehead atoms. The van der Waals surface area contributed by atoms with Crippen molar-refractivity contribution in [3.05, 3.63) is 59.7 Å². The first-order valence-electron chi connectivity index (χ1n) is 9.84. The van der Waals surface area contributed by atoms with E-state index in [0.717, 1.165) is 11.1 Å². The standard InChI is InChI=1S/C21H24N2O6S/c24-21(27-14-17-4-2-1-3-5-17)23-11-9-18(13-23)30(25,26)22-10-8-16-6-7-19-20(12-16)29-15-28-19/h1-7,12,18,22H,8-11,13-15H2/t18-/m0/s1. The molecule has 2 aromatic rings. The molecule has 0 saturated carbocycles. The summed E-state index contributed by atoms with van der Waals surface area (Å²) in [4.78, 5) is 13.7. The van der Waals surface area contributed by atoms with E-state index in [1.54, 1.807) is 0 Å². The number of amides is 1. The molecule has 2 aromatic carbocycles. The van der Waals surface area contributed by atoms with Gasteiger partial charge in [0.15, 0.2) is 11.5 Å². The van der Waals surface area contributed by atoms with Crippen molar-refractivity contribution in [3.8, 4) is 11.5 Å². The zero-order valence-electron chi connectivity index (χ0n) is 16.5. The maximum atomic E-state index is 12.6. The average molecular weight is 432 g/mol.